The van der Waals surface area contributed by atoms with E-state index in [0.717, 1.165) is 50.6 Å². The fourth-order valence-electron chi connectivity index (χ4n) is 3.21. The van der Waals surface area contributed by atoms with Crippen LogP contribution in [0.2, 0.25) is 0 Å². The predicted molar refractivity (Wildman–Crippen MR) is 115 cm³/mol. The molecule has 0 spiro atoms. The van der Waals surface area contributed by atoms with Crippen molar-refractivity contribution in [3.63, 3.8) is 0 Å². The molecule has 1 N–H and O–H groups in total. The normalized spacial score (nSPS) is 14.7. The average Bonchev–Trinajstić information content (AvgIpc) is 2.76. The molecule has 1 aliphatic rings. The third kappa shape index (κ3) is 6.46. The van der Waals surface area contributed by atoms with E-state index in [0.29, 0.717) is 6.54 Å². The van der Waals surface area contributed by atoms with Crippen LogP contribution in [0.4, 0.5) is 4.79 Å². The summed E-state index contributed by atoms with van der Waals surface area (Å²) in [5, 5.41) is 3.04. The summed E-state index contributed by atoms with van der Waals surface area (Å²) in [6, 6.07) is 18.6. The second-order valence-corrected chi connectivity index (χ2v) is 7.99. The second-order valence-electron chi connectivity index (χ2n) is 6.82. The summed E-state index contributed by atoms with van der Waals surface area (Å²) in [4.78, 5) is 17.9. The van der Waals surface area contributed by atoms with Crippen molar-refractivity contribution in [2.45, 2.75) is 11.3 Å². The Morgan fingerprint density at radius 2 is 1.75 bits per heavy atom. The number of urea groups is 1. The van der Waals surface area contributed by atoms with Gasteiger partial charge in [0, 0.05) is 49.9 Å². The third-order valence-electron chi connectivity index (χ3n) is 4.93. The average molecular weight is 400 g/mol. The van der Waals surface area contributed by atoms with Crippen molar-refractivity contribution < 1.29 is 9.53 Å². The van der Waals surface area contributed by atoms with Crippen LogP contribution in [0.25, 0.3) is 0 Å². The fourth-order valence-corrected chi connectivity index (χ4v) is 4.00. The SMILES string of the molecule is COc1ccc(CCN2CCN(C(=O)NCCSc3ccccc3)CC2)cc1. The first-order valence-electron chi connectivity index (χ1n) is 9.80. The smallest absolute Gasteiger partial charge is 0.317 e. The van der Waals surface area contributed by atoms with Gasteiger partial charge in [-0.05, 0) is 36.2 Å². The Morgan fingerprint density at radius 1 is 1.04 bits per heavy atom. The minimum Gasteiger partial charge on any atom is -0.497 e. The van der Waals surface area contributed by atoms with Gasteiger partial charge in [0.25, 0.3) is 0 Å². The van der Waals surface area contributed by atoms with Gasteiger partial charge in [-0.3, -0.25) is 4.90 Å². The van der Waals surface area contributed by atoms with Crippen LogP contribution in [0.15, 0.2) is 59.5 Å². The van der Waals surface area contributed by atoms with Crippen LogP contribution in [-0.4, -0.2) is 68.0 Å². The van der Waals surface area contributed by atoms with Crippen molar-refractivity contribution in [2.75, 3.05) is 52.1 Å². The van der Waals surface area contributed by atoms with Crippen LogP contribution in [0.3, 0.4) is 0 Å². The van der Waals surface area contributed by atoms with Gasteiger partial charge in [0.15, 0.2) is 0 Å². The van der Waals surface area contributed by atoms with E-state index in [-0.39, 0.29) is 6.03 Å². The number of benzene rings is 2. The molecule has 0 aromatic heterocycles. The van der Waals surface area contributed by atoms with Crippen LogP contribution in [0.1, 0.15) is 5.56 Å². The first-order chi connectivity index (χ1) is 13.7. The van der Waals surface area contributed by atoms with E-state index < -0.39 is 0 Å². The van der Waals surface area contributed by atoms with Crippen LogP contribution in [-0.2, 0) is 6.42 Å². The van der Waals surface area contributed by atoms with Crippen molar-refractivity contribution in [1.29, 1.82) is 0 Å². The van der Waals surface area contributed by atoms with Crippen molar-refractivity contribution in [3.05, 3.63) is 60.2 Å². The maximum Gasteiger partial charge on any atom is 0.317 e. The standard InChI is InChI=1S/C22H29N3O2S/c1-27-20-9-7-19(8-10-20)11-13-24-14-16-25(17-15-24)22(26)23-12-18-28-21-5-3-2-4-6-21/h2-10H,11-18H2,1H3,(H,23,26). The molecule has 150 valence electrons. The summed E-state index contributed by atoms with van der Waals surface area (Å²) in [5.74, 6) is 1.78. The van der Waals surface area contributed by atoms with E-state index in [2.05, 4.69) is 34.5 Å². The molecule has 0 radical (unpaired) electrons. The zero-order valence-corrected chi connectivity index (χ0v) is 17.3. The summed E-state index contributed by atoms with van der Waals surface area (Å²) < 4.78 is 5.20. The lowest BCUT2D eigenvalue weighted by Gasteiger charge is -2.34. The van der Waals surface area contributed by atoms with Gasteiger partial charge in [-0.15, -0.1) is 11.8 Å². The molecule has 1 aliphatic heterocycles. The second kappa shape index (κ2) is 11.0. The predicted octanol–water partition coefficient (Wildman–Crippen LogP) is 3.36. The Morgan fingerprint density at radius 3 is 2.43 bits per heavy atom. The number of carbonyl (C=O) groups is 1. The zero-order valence-electron chi connectivity index (χ0n) is 16.5. The van der Waals surface area contributed by atoms with E-state index in [1.807, 2.05) is 35.2 Å². The molecule has 0 saturated carbocycles. The molecule has 5 nitrogen and oxygen atoms in total. The number of hydrogen-bond acceptors (Lipinski definition) is 4. The quantitative estimate of drug-likeness (QED) is 0.546. The minimum absolute atomic E-state index is 0.0588. The summed E-state index contributed by atoms with van der Waals surface area (Å²) >= 11 is 1.77. The van der Waals surface area contributed by atoms with Gasteiger partial charge in [0.05, 0.1) is 7.11 Å². The van der Waals surface area contributed by atoms with E-state index in [1.54, 1.807) is 18.9 Å². The lowest BCUT2D eigenvalue weighted by Crippen LogP contribution is -2.52. The number of thioether (sulfide) groups is 1. The molecule has 0 unspecified atom stereocenters. The molecule has 2 aromatic carbocycles. The zero-order chi connectivity index (χ0) is 19.6. The van der Waals surface area contributed by atoms with Gasteiger partial charge in [-0.1, -0.05) is 30.3 Å². The highest BCUT2D eigenvalue weighted by atomic mass is 32.2. The topological polar surface area (TPSA) is 44.8 Å². The van der Waals surface area contributed by atoms with E-state index >= 15 is 0 Å². The number of nitrogens with one attached hydrogen (secondary N) is 1. The van der Waals surface area contributed by atoms with Gasteiger partial charge < -0.3 is 15.0 Å². The van der Waals surface area contributed by atoms with Crippen molar-refractivity contribution >= 4 is 17.8 Å². The van der Waals surface area contributed by atoms with Gasteiger partial charge in [0.2, 0.25) is 0 Å². The fraction of sp³-hybridized carbons (Fsp3) is 0.409. The molecule has 3 rings (SSSR count). The van der Waals surface area contributed by atoms with Gasteiger partial charge in [-0.25, -0.2) is 4.79 Å². The molecule has 0 aliphatic carbocycles. The van der Waals surface area contributed by atoms with E-state index in [1.165, 1.54) is 10.5 Å². The molecule has 2 aromatic rings. The van der Waals surface area contributed by atoms with Gasteiger partial charge in [-0.2, -0.15) is 0 Å². The summed E-state index contributed by atoms with van der Waals surface area (Å²) in [6.45, 7) is 5.16. The van der Waals surface area contributed by atoms with Crippen LogP contribution < -0.4 is 10.1 Å². The lowest BCUT2D eigenvalue weighted by atomic mass is 10.1. The summed E-state index contributed by atoms with van der Waals surface area (Å²) in [7, 11) is 1.69. The first kappa shape index (κ1) is 20.6. The Balaban J connectivity index is 1.30. The Bertz CT molecular complexity index is 716. The summed E-state index contributed by atoms with van der Waals surface area (Å²) in [6.07, 6.45) is 1.02. The molecular formula is C22H29N3O2S. The number of hydrogen-bond donors (Lipinski definition) is 1. The third-order valence-corrected chi connectivity index (χ3v) is 5.94. The number of nitrogens with zero attached hydrogens (tertiary/aromatic N) is 2. The summed E-state index contributed by atoms with van der Waals surface area (Å²) in [5.41, 5.74) is 1.32. The minimum atomic E-state index is 0.0588. The molecule has 6 heteroatoms. The highest BCUT2D eigenvalue weighted by Crippen LogP contribution is 2.16. The van der Waals surface area contributed by atoms with Crippen molar-refractivity contribution in [1.82, 2.24) is 15.1 Å². The number of rotatable bonds is 8. The molecule has 28 heavy (non-hydrogen) atoms. The number of carbonyl (C=O) groups excluding carboxylic acids is 1. The maximum absolute atomic E-state index is 12.3. The molecule has 0 atom stereocenters. The molecule has 2 amide bonds. The van der Waals surface area contributed by atoms with Crippen LogP contribution in [0.5, 0.6) is 5.75 Å². The lowest BCUT2D eigenvalue weighted by molar-refractivity contribution is 0.140. The van der Waals surface area contributed by atoms with E-state index in [9.17, 15) is 4.79 Å². The van der Waals surface area contributed by atoms with Gasteiger partial charge in [0.1, 0.15) is 5.75 Å². The number of amides is 2. The Labute approximate surface area is 172 Å². The van der Waals surface area contributed by atoms with E-state index in [4.69, 9.17) is 4.74 Å². The first-order valence-corrected chi connectivity index (χ1v) is 10.8. The molecular weight excluding hydrogens is 370 g/mol. The molecule has 1 fully saturated rings. The van der Waals surface area contributed by atoms with Crippen LogP contribution >= 0.6 is 11.8 Å². The van der Waals surface area contributed by atoms with Gasteiger partial charge >= 0.3 is 6.03 Å². The van der Waals surface area contributed by atoms with Crippen molar-refractivity contribution in [2.24, 2.45) is 0 Å². The maximum atomic E-state index is 12.3. The molecule has 0 bridgehead atoms. The molecule has 1 saturated heterocycles. The number of piperazine rings is 1. The number of ether oxygens (including phenoxy) is 1. The number of methoxy groups -OCH3 is 1. The van der Waals surface area contributed by atoms with Crippen molar-refractivity contribution in [3.8, 4) is 5.75 Å². The Hall–Kier alpha value is -2.18. The largest absolute Gasteiger partial charge is 0.497 e. The highest BCUT2D eigenvalue weighted by Gasteiger charge is 2.20. The molecule has 1 heterocycles. The monoisotopic (exact) mass is 399 g/mol. The highest BCUT2D eigenvalue weighted by molar-refractivity contribution is 7.99. The van der Waals surface area contributed by atoms with Crippen LogP contribution in [0, 0.1) is 0 Å². The Kier molecular flexibility index (Phi) is 8.06.